The number of Topliss-reactive ketones (excluding diaryl/α,β-unsaturated/α-hetero) is 1. The molecular formula is C20H20N2O2. The van der Waals surface area contributed by atoms with E-state index in [1.54, 1.807) is 12.1 Å². The van der Waals surface area contributed by atoms with Crippen molar-refractivity contribution in [2.75, 3.05) is 5.01 Å². The number of carbonyl (C=O) groups excluding carboxylic acids is 2. The van der Waals surface area contributed by atoms with Gasteiger partial charge in [-0.1, -0.05) is 55.5 Å². The van der Waals surface area contributed by atoms with Crippen molar-refractivity contribution in [3.63, 3.8) is 0 Å². The Balaban J connectivity index is 1.91. The van der Waals surface area contributed by atoms with Gasteiger partial charge in [-0.25, -0.2) is 0 Å². The van der Waals surface area contributed by atoms with Gasteiger partial charge >= 0.3 is 0 Å². The van der Waals surface area contributed by atoms with E-state index in [4.69, 9.17) is 0 Å². The predicted molar refractivity (Wildman–Crippen MR) is 95.2 cm³/mol. The first-order valence-electron chi connectivity index (χ1n) is 8.12. The van der Waals surface area contributed by atoms with Crippen molar-refractivity contribution in [1.29, 1.82) is 0 Å². The van der Waals surface area contributed by atoms with E-state index >= 15 is 0 Å². The average Bonchev–Trinajstić information content (AvgIpc) is 2.88. The fourth-order valence-electron chi connectivity index (χ4n) is 3.13. The molecule has 1 aliphatic heterocycles. The Kier molecular flexibility index (Phi) is 4.30. The molecule has 4 heteroatoms. The average molecular weight is 320 g/mol. The zero-order valence-corrected chi connectivity index (χ0v) is 13.9. The molecular weight excluding hydrogens is 300 g/mol. The van der Waals surface area contributed by atoms with Crippen molar-refractivity contribution in [3.8, 4) is 0 Å². The number of carbonyl (C=O) groups is 2. The SMILES string of the molecule is CCC1(CC(=O)c2ccccc2)C(=O)N(c2ccccc2)N=C1C. The summed E-state index contributed by atoms with van der Waals surface area (Å²) in [5, 5.41) is 5.89. The van der Waals surface area contributed by atoms with Crippen molar-refractivity contribution >= 4 is 23.1 Å². The largest absolute Gasteiger partial charge is 0.294 e. The van der Waals surface area contributed by atoms with Crippen LogP contribution in [0.2, 0.25) is 0 Å². The lowest BCUT2D eigenvalue weighted by Gasteiger charge is -2.26. The highest BCUT2D eigenvalue weighted by Gasteiger charge is 2.49. The molecule has 0 fully saturated rings. The monoisotopic (exact) mass is 320 g/mol. The van der Waals surface area contributed by atoms with Crippen LogP contribution in [0.4, 0.5) is 5.69 Å². The highest BCUT2D eigenvalue weighted by atomic mass is 16.2. The lowest BCUT2D eigenvalue weighted by atomic mass is 9.75. The number of hydrogen-bond donors (Lipinski definition) is 0. The number of hydrogen-bond acceptors (Lipinski definition) is 3. The third-order valence-corrected chi connectivity index (χ3v) is 4.71. The molecule has 2 aromatic carbocycles. The van der Waals surface area contributed by atoms with E-state index in [0.717, 1.165) is 5.69 Å². The molecule has 24 heavy (non-hydrogen) atoms. The van der Waals surface area contributed by atoms with E-state index in [1.807, 2.05) is 62.4 Å². The van der Waals surface area contributed by atoms with Crippen LogP contribution in [0.1, 0.15) is 37.0 Å². The number of benzene rings is 2. The summed E-state index contributed by atoms with van der Waals surface area (Å²) in [5.41, 5.74) is 1.19. The van der Waals surface area contributed by atoms with Crippen LogP contribution in [0.3, 0.4) is 0 Å². The van der Waals surface area contributed by atoms with E-state index in [2.05, 4.69) is 5.10 Å². The number of rotatable bonds is 5. The van der Waals surface area contributed by atoms with Crippen LogP contribution in [0.5, 0.6) is 0 Å². The molecule has 1 unspecified atom stereocenters. The second-order valence-corrected chi connectivity index (χ2v) is 6.04. The Hall–Kier alpha value is -2.75. The smallest absolute Gasteiger partial charge is 0.259 e. The summed E-state index contributed by atoms with van der Waals surface area (Å²) >= 11 is 0. The van der Waals surface area contributed by atoms with Gasteiger partial charge in [0.1, 0.15) is 0 Å². The number of para-hydroxylation sites is 1. The maximum Gasteiger partial charge on any atom is 0.259 e. The molecule has 0 saturated heterocycles. The van der Waals surface area contributed by atoms with Crippen LogP contribution in [-0.2, 0) is 4.79 Å². The summed E-state index contributed by atoms with van der Waals surface area (Å²) in [4.78, 5) is 25.8. The topological polar surface area (TPSA) is 49.7 Å². The van der Waals surface area contributed by atoms with Gasteiger partial charge in [-0.2, -0.15) is 10.1 Å². The fourth-order valence-corrected chi connectivity index (χ4v) is 3.13. The standard InChI is InChI=1S/C20H20N2O2/c1-3-20(14-18(23)16-10-6-4-7-11-16)15(2)21-22(19(20)24)17-12-8-5-9-13-17/h4-13H,3,14H2,1-2H3. The maximum absolute atomic E-state index is 13.1. The van der Waals surface area contributed by atoms with E-state index < -0.39 is 5.41 Å². The van der Waals surface area contributed by atoms with Crippen LogP contribution in [0.25, 0.3) is 0 Å². The fraction of sp³-hybridized carbons (Fsp3) is 0.250. The number of hydrazone groups is 1. The Bertz CT molecular complexity index is 784. The Morgan fingerprint density at radius 1 is 1.04 bits per heavy atom. The summed E-state index contributed by atoms with van der Waals surface area (Å²) in [6.45, 7) is 3.77. The van der Waals surface area contributed by atoms with Crippen LogP contribution in [0, 0.1) is 5.41 Å². The lowest BCUT2D eigenvalue weighted by molar-refractivity contribution is -0.124. The molecule has 0 N–H and O–H groups in total. The molecule has 0 spiro atoms. The molecule has 0 saturated carbocycles. The van der Waals surface area contributed by atoms with Gasteiger partial charge in [-0.15, -0.1) is 0 Å². The van der Waals surface area contributed by atoms with Gasteiger partial charge < -0.3 is 0 Å². The highest BCUT2D eigenvalue weighted by Crippen LogP contribution is 2.39. The van der Waals surface area contributed by atoms with Gasteiger partial charge in [-0.3, -0.25) is 9.59 Å². The van der Waals surface area contributed by atoms with Crippen LogP contribution < -0.4 is 5.01 Å². The number of anilines is 1. The molecule has 122 valence electrons. The minimum Gasteiger partial charge on any atom is -0.294 e. The van der Waals surface area contributed by atoms with Gasteiger partial charge in [-0.05, 0) is 25.5 Å². The number of ketones is 1. The predicted octanol–water partition coefficient (Wildman–Crippen LogP) is 4.08. The van der Waals surface area contributed by atoms with Crippen LogP contribution in [0.15, 0.2) is 65.8 Å². The van der Waals surface area contributed by atoms with Crippen molar-refractivity contribution in [2.24, 2.45) is 10.5 Å². The van der Waals surface area contributed by atoms with E-state index in [9.17, 15) is 9.59 Å². The van der Waals surface area contributed by atoms with Crippen LogP contribution in [-0.4, -0.2) is 17.4 Å². The van der Waals surface area contributed by atoms with Crippen molar-refractivity contribution in [3.05, 3.63) is 66.2 Å². The van der Waals surface area contributed by atoms with Crippen molar-refractivity contribution in [2.45, 2.75) is 26.7 Å². The molecule has 2 aromatic rings. The quantitative estimate of drug-likeness (QED) is 0.779. The third-order valence-electron chi connectivity index (χ3n) is 4.71. The van der Waals surface area contributed by atoms with Gasteiger partial charge in [0.05, 0.1) is 16.8 Å². The first-order valence-corrected chi connectivity index (χ1v) is 8.12. The molecule has 0 aromatic heterocycles. The Labute approximate surface area is 141 Å². The summed E-state index contributed by atoms with van der Waals surface area (Å²) in [7, 11) is 0. The molecule has 1 atom stereocenters. The molecule has 1 heterocycles. The second kappa shape index (κ2) is 6.40. The van der Waals surface area contributed by atoms with E-state index in [1.165, 1.54) is 5.01 Å². The first kappa shape index (κ1) is 16.1. The highest BCUT2D eigenvalue weighted by molar-refractivity contribution is 6.21. The zero-order valence-electron chi connectivity index (χ0n) is 13.9. The van der Waals surface area contributed by atoms with E-state index in [-0.39, 0.29) is 18.1 Å². The Morgan fingerprint density at radius 3 is 2.21 bits per heavy atom. The normalized spacial score (nSPS) is 20.2. The lowest BCUT2D eigenvalue weighted by Crippen LogP contribution is -2.40. The van der Waals surface area contributed by atoms with Gasteiger partial charge in [0.2, 0.25) is 0 Å². The number of nitrogens with zero attached hydrogens (tertiary/aromatic N) is 2. The van der Waals surface area contributed by atoms with Crippen LogP contribution >= 0.6 is 0 Å². The molecule has 0 bridgehead atoms. The summed E-state index contributed by atoms with van der Waals surface area (Å²) in [5.74, 6) is -0.159. The molecule has 0 aliphatic carbocycles. The van der Waals surface area contributed by atoms with Gasteiger partial charge in [0.15, 0.2) is 5.78 Å². The summed E-state index contributed by atoms with van der Waals surface area (Å²) < 4.78 is 0. The minimum absolute atomic E-state index is 0.0322. The zero-order chi connectivity index (χ0) is 17.2. The molecule has 0 radical (unpaired) electrons. The number of amides is 1. The molecule has 1 amide bonds. The van der Waals surface area contributed by atoms with Crippen molar-refractivity contribution < 1.29 is 9.59 Å². The maximum atomic E-state index is 13.1. The van der Waals surface area contributed by atoms with Gasteiger partial charge in [0.25, 0.3) is 5.91 Å². The van der Waals surface area contributed by atoms with Gasteiger partial charge in [0, 0.05) is 12.0 Å². The second-order valence-electron chi connectivity index (χ2n) is 6.04. The van der Waals surface area contributed by atoms with Crippen molar-refractivity contribution in [1.82, 2.24) is 0 Å². The van der Waals surface area contributed by atoms with E-state index in [0.29, 0.717) is 17.7 Å². The molecule has 3 rings (SSSR count). The minimum atomic E-state index is -0.858. The first-order chi connectivity index (χ1) is 11.6. The summed E-state index contributed by atoms with van der Waals surface area (Å²) in [6, 6.07) is 18.4. The Morgan fingerprint density at radius 2 is 1.62 bits per heavy atom. The molecule has 1 aliphatic rings. The molecule has 4 nitrogen and oxygen atoms in total. The summed E-state index contributed by atoms with van der Waals surface area (Å²) in [6.07, 6.45) is 0.689. The third kappa shape index (κ3) is 2.64.